The molecule has 9 heteroatoms. The van der Waals surface area contributed by atoms with E-state index in [1.807, 2.05) is 14.1 Å². The molecule has 0 spiro atoms. The summed E-state index contributed by atoms with van der Waals surface area (Å²) in [6, 6.07) is 4.21. The topological polar surface area (TPSA) is 70.2 Å². The van der Waals surface area contributed by atoms with E-state index in [4.69, 9.17) is 0 Å². The highest BCUT2D eigenvalue weighted by molar-refractivity contribution is 6.03. The number of hydrogen-bond donors (Lipinski definition) is 2. The fourth-order valence-corrected chi connectivity index (χ4v) is 2.08. The van der Waals surface area contributed by atoms with Crippen molar-refractivity contribution < 1.29 is 18.0 Å². The van der Waals surface area contributed by atoms with Gasteiger partial charge in [-0.05, 0) is 51.3 Å². The minimum absolute atomic E-state index is 0.212. The van der Waals surface area contributed by atoms with E-state index in [9.17, 15) is 18.0 Å². The Bertz CT molecular complexity index is 715. The first-order valence-corrected chi connectivity index (χ1v) is 7.95. The summed E-state index contributed by atoms with van der Waals surface area (Å²) < 4.78 is 37.6. The molecule has 0 aliphatic heterocycles. The Morgan fingerprint density at radius 2 is 1.73 bits per heavy atom. The maximum absolute atomic E-state index is 12.5. The van der Waals surface area contributed by atoms with Gasteiger partial charge in [0.05, 0.1) is 11.1 Å². The Morgan fingerprint density at radius 3 is 2.27 bits per heavy atom. The van der Waals surface area contributed by atoms with Crippen LogP contribution in [0.2, 0.25) is 0 Å². The van der Waals surface area contributed by atoms with Crippen LogP contribution in [0.5, 0.6) is 0 Å². The van der Waals surface area contributed by atoms with Crippen LogP contribution in [0.25, 0.3) is 0 Å². The molecule has 2 N–H and O–H groups in total. The highest BCUT2D eigenvalue weighted by atomic mass is 19.4. The summed E-state index contributed by atoms with van der Waals surface area (Å²) in [7, 11) is 3.97. The molecule has 0 radical (unpaired) electrons. The fourth-order valence-electron chi connectivity index (χ4n) is 2.08. The number of anilines is 2. The van der Waals surface area contributed by atoms with E-state index in [-0.39, 0.29) is 11.3 Å². The maximum Gasteiger partial charge on any atom is 0.416 e. The van der Waals surface area contributed by atoms with Gasteiger partial charge in [-0.3, -0.25) is 4.79 Å². The lowest BCUT2D eigenvalue weighted by Gasteiger charge is -2.10. The molecule has 0 unspecified atom stereocenters. The number of rotatable bonds is 7. The van der Waals surface area contributed by atoms with Crippen LogP contribution in [0.4, 0.5) is 24.8 Å². The molecule has 0 fully saturated rings. The van der Waals surface area contributed by atoms with E-state index in [0.717, 1.165) is 25.1 Å². The second-order valence-electron chi connectivity index (χ2n) is 5.91. The molecule has 2 aromatic rings. The number of amides is 1. The van der Waals surface area contributed by atoms with Crippen molar-refractivity contribution in [3.63, 3.8) is 0 Å². The van der Waals surface area contributed by atoms with E-state index in [1.165, 1.54) is 24.5 Å². The number of nitrogens with one attached hydrogen (secondary N) is 2. The van der Waals surface area contributed by atoms with Crippen LogP contribution in [0.3, 0.4) is 0 Å². The molecule has 0 aliphatic rings. The molecule has 1 amide bonds. The van der Waals surface area contributed by atoms with Gasteiger partial charge in [-0.15, -0.1) is 0 Å². The number of carbonyl (C=O) groups is 1. The second kappa shape index (κ2) is 8.61. The van der Waals surface area contributed by atoms with Gasteiger partial charge in [-0.25, -0.2) is 9.97 Å². The van der Waals surface area contributed by atoms with E-state index < -0.39 is 17.6 Å². The van der Waals surface area contributed by atoms with Crippen molar-refractivity contribution in [2.24, 2.45) is 0 Å². The zero-order valence-corrected chi connectivity index (χ0v) is 14.5. The number of alkyl halides is 3. The molecule has 0 aliphatic carbocycles. The van der Waals surface area contributed by atoms with Crippen molar-refractivity contribution in [2.75, 3.05) is 37.8 Å². The number of carbonyl (C=O) groups excluding carboxylic acids is 1. The van der Waals surface area contributed by atoms with E-state index in [0.29, 0.717) is 12.5 Å². The molecule has 26 heavy (non-hydrogen) atoms. The van der Waals surface area contributed by atoms with Gasteiger partial charge in [0.15, 0.2) is 0 Å². The van der Waals surface area contributed by atoms with Gasteiger partial charge >= 0.3 is 6.18 Å². The normalized spacial score (nSPS) is 11.5. The highest BCUT2D eigenvalue weighted by Crippen LogP contribution is 2.29. The van der Waals surface area contributed by atoms with Crippen LogP contribution in [0, 0.1) is 0 Å². The fraction of sp³-hybridized carbons (Fsp3) is 0.353. The van der Waals surface area contributed by atoms with Crippen LogP contribution in [0.15, 0.2) is 36.7 Å². The lowest BCUT2D eigenvalue weighted by atomic mass is 10.2. The summed E-state index contributed by atoms with van der Waals surface area (Å²) in [5.41, 5.74) is -0.304. The van der Waals surface area contributed by atoms with E-state index in [1.54, 1.807) is 0 Å². The van der Waals surface area contributed by atoms with Crippen LogP contribution in [-0.2, 0) is 6.18 Å². The molecule has 0 saturated carbocycles. The molecule has 6 nitrogen and oxygen atoms in total. The Balaban J connectivity index is 1.89. The maximum atomic E-state index is 12.5. The molecule has 0 atom stereocenters. The zero-order valence-electron chi connectivity index (χ0n) is 14.5. The molecule has 0 bridgehead atoms. The minimum Gasteiger partial charge on any atom is -0.354 e. The van der Waals surface area contributed by atoms with Gasteiger partial charge in [0.25, 0.3) is 5.91 Å². The molecule has 1 aromatic heterocycles. The molecule has 140 valence electrons. The Kier molecular flexibility index (Phi) is 6.51. The number of hydrogen-bond acceptors (Lipinski definition) is 5. The summed E-state index contributed by atoms with van der Waals surface area (Å²) in [5.74, 6) is -0.0845. The van der Waals surface area contributed by atoms with Crippen molar-refractivity contribution in [1.29, 1.82) is 0 Å². The average Bonchev–Trinajstić information content (AvgIpc) is 2.59. The van der Waals surface area contributed by atoms with Crippen LogP contribution in [-0.4, -0.2) is 48.0 Å². The largest absolute Gasteiger partial charge is 0.416 e. The van der Waals surface area contributed by atoms with Crippen LogP contribution < -0.4 is 10.6 Å². The lowest BCUT2D eigenvalue weighted by molar-refractivity contribution is -0.137. The third-order valence-corrected chi connectivity index (χ3v) is 3.45. The molecule has 1 aromatic carbocycles. The summed E-state index contributed by atoms with van der Waals surface area (Å²) in [4.78, 5) is 22.3. The van der Waals surface area contributed by atoms with Crippen molar-refractivity contribution in [3.8, 4) is 0 Å². The monoisotopic (exact) mass is 367 g/mol. The Labute approximate surface area is 149 Å². The van der Waals surface area contributed by atoms with Gasteiger partial charge in [-0.2, -0.15) is 13.2 Å². The van der Waals surface area contributed by atoms with Crippen molar-refractivity contribution in [3.05, 3.63) is 47.8 Å². The number of benzene rings is 1. The van der Waals surface area contributed by atoms with Crippen molar-refractivity contribution in [1.82, 2.24) is 14.9 Å². The van der Waals surface area contributed by atoms with E-state index >= 15 is 0 Å². The third-order valence-electron chi connectivity index (χ3n) is 3.45. The Morgan fingerprint density at radius 1 is 1.12 bits per heavy atom. The Hall–Kier alpha value is -2.68. The van der Waals surface area contributed by atoms with Gasteiger partial charge in [0.1, 0.15) is 0 Å². The summed E-state index contributed by atoms with van der Waals surface area (Å²) in [5, 5.41) is 5.56. The smallest absolute Gasteiger partial charge is 0.354 e. The zero-order chi connectivity index (χ0) is 19.2. The highest BCUT2D eigenvalue weighted by Gasteiger charge is 2.30. The number of halogens is 3. The lowest BCUT2D eigenvalue weighted by Crippen LogP contribution is -2.17. The molecule has 1 heterocycles. The first-order chi connectivity index (χ1) is 12.3. The molecule has 2 rings (SSSR count). The standard InChI is InChI=1S/C17H20F3N5O/c1-25(2)9-3-8-21-16-22-10-12(11-23-16)15(26)24-14-6-4-13(5-7-14)17(18,19)20/h4-7,10-11H,3,8-9H2,1-2H3,(H,24,26)(H,21,22,23). The average molecular weight is 367 g/mol. The van der Waals surface area contributed by atoms with Crippen LogP contribution in [0.1, 0.15) is 22.3 Å². The van der Waals surface area contributed by atoms with Gasteiger partial charge in [-0.1, -0.05) is 0 Å². The molecule has 0 saturated heterocycles. The third kappa shape index (κ3) is 5.99. The predicted octanol–water partition coefficient (Wildman–Crippen LogP) is 3.11. The van der Waals surface area contributed by atoms with Gasteiger partial charge in [0, 0.05) is 24.6 Å². The number of nitrogens with zero attached hydrogens (tertiary/aromatic N) is 3. The predicted molar refractivity (Wildman–Crippen MR) is 93.1 cm³/mol. The van der Waals surface area contributed by atoms with Crippen molar-refractivity contribution >= 4 is 17.5 Å². The number of aromatic nitrogens is 2. The van der Waals surface area contributed by atoms with E-state index in [2.05, 4.69) is 25.5 Å². The minimum atomic E-state index is -4.41. The quantitative estimate of drug-likeness (QED) is 0.736. The van der Waals surface area contributed by atoms with Crippen molar-refractivity contribution in [2.45, 2.75) is 12.6 Å². The second-order valence-corrected chi connectivity index (χ2v) is 5.91. The SMILES string of the molecule is CN(C)CCCNc1ncc(C(=O)Nc2ccc(C(F)(F)F)cc2)cn1. The summed E-state index contributed by atoms with van der Waals surface area (Å²) in [6.45, 7) is 1.63. The summed E-state index contributed by atoms with van der Waals surface area (Å²) >= 11 is 0. The molecular weight excluding hydrogens is 347 g/mol. The summed E-state index contributed by atoms with van der Waals surface area (Å²) in [6.07, 6.45) is -0.764. The first-order valence-electron chi connectivity index (χ1n) is 7.95. The van der Waals surface area contributed by atoms with Gasteiger partial charge < -0.3 is 15.5 Å². The molecular formula is C17H20F3N5O. The first kappa shape index (κ1) is 19.6. The van der Waals surface area contributed by atoms with Gasteiger partial charge in [0.2, 0.25) is 5.95 Å². The van der Waals surface area contributed by atoms with Crippen LogP contribution >= 0.6 is 0 Å².